The van der Waals surface area contributed by atoms with Gasteiger partial charge in [-0.2, -0.15) is 0 Å². The largest absolute Gasteiger partial charge is 0.309 e. The van der Waals surface area contributed by atoms with Gasteiger partial charge in [0.05, 0.1) is 16.7 Å². The van der Waals surface area contributed by atoms with Gasteiger partial charge in [0.25, 0.3) is 0 Å². The van der Waals surface area contributed by atoms with E-state index in [9.17, 15) is 0 Å². The van der Waals surface area contributed by atoms with Crippen LogP contribution < -0.4 is 0 Å². The molecule has 6 aromatic rings. The van der Waals surface area contributed by atoms with E-state index in [2.05, 4.69) is 115 Å². The average molecular weight is 465 g/mol. The lowest BCUT2D eigenvalue weighted by molar-refractivity contribution is 0.939. The number of aryl methyl sites for hydroxylation is 1. The fourth-order valence-electron chi connectivity index (χ4n) is 6.22. The molecule has 7 rings (SSSR count). The van der Waals surface area contributed by atoms with E-state index in [4.69, 9.17) is 4.98 Å². The first kappa shape index (κ1) is 21.1. The maximum absolute atomic E-state index is 5.20. The molecule has 0 atom stereocenters. The molecule has 0 saturated carbocycles. The van der Waals surface area contributed by atoms with Crippen LogP contribution in [0.25, 0.3) is 49.7 Å². The predicted molar refractivity (Wildman–Crippen MR) is 151 cm³/mol. The van der Waals surface area contributed by atoms with Crippen molar-refractivity contribution in [3.63, 3.8) is 0 Å². The molecule has 2 aromatic heterocycles. The summed E-state index contributed by atoms with van der Waals surface area (Å²) in [6, 6.07) is 35.4. The minimum absolute atomic E-state index is 0.922. The molecule has 0 radical (unpaired) electrons. The van der Waals surface area contributed by atoms with Gasteiger partial charge < -0.3 is 4.57 Å². The highest BCUT2D eigenvalue weighted by molar-refractivity contribution is 6.11. The van der Waals surface area contributed by atoms with E-state index >= 15 is 0 Å². The Morgan fingerprint density at radius 3 is 2.28 bits per heavy atom. The van der Waals surface area contributed by atoms with Gasteiger partial charge in [-0.05, 0) is 71.0 Å². The summed E-state index contributed by atoms with van der Waals surface area (Å²) in [6.07, 6.45) is 2.85. The van der Waals surface area contributed by atoms with Crippen molar-refractivity contribution in [1.82, 2.24) is 9.55 Å². The maximum atomic E-state index is 5.20. The van der Waals surface area contributed by atoms with Crippen molar-refractivity contribution in [3.8, 4) is 27.9 Å². The van der Waals surface area contributed by atoms with Crippen molar-refractivity contribution in [3.05, 3.63) is 120 Å². The lowest BCUT2D eigenvalue weighted by Gasteiger charge is -2.18. The topological polar surface area (TPSA) is 17.8 Å². The lowest BCUT2D eigenvalue weighted by Crippen LogP contribution is -2.04. The molecule has 0 amide bonds. The number of hydrogen-bond acceptors (Lipinski definition) is 1. The van der Waals surface area contributed by atoms with E-state index < -0.39 is 0 Å². The number of nitrogens with zero attached hydrogens (tertiary/aromatic N) is 2. The van der Waals surface area contributed by atoms with Gasteiger partial charge in [-0.15, -0.1) is 0 Å². The van der Waals surface area contributed by atoms with Crippen LogP contribution in [0.1, 0.15) is 36.4 Å². The third-order valence-electron chi connectivity index (χ3n) is 7.77. The molecular formula is C34H28N2. The monoisotopic (exact) mass is 464 g/mol. The van der Waals surface area contributed by atoms with Gasteiger partial charge in [-0.3, -0.25) is 4.98 Å². The van der Waals surface area contributed by atoms with Crippen LogP contribution in [0.15, 0.2) is 97.1 Å². The molecule has 1 aliphatic carbocycles. The second-order valence-electron chi connectivity index (χ2n) is 9.69. The SMILES string of the molecule is CCc1nc2c(c(-c3ccc4c(c3)c3ccccc3n4-c3ccccc3)c1CC)-c1ccccc1C2. The summed E-state index contributed by atoms with van der Waals surface area (Å²) in [5.41, 5.74) is 14.3. The number of pyridine rings is 1. The number of fused-ring (bicyclic) bond motifs is 6. The Labute approximate surface area is 211 Å². The van der Waals surface area contributed by atoms with Gasteiger partial charge >= 0.3 is 0 Å². The fourth-order valence-corrected chi connectivity index (χ4v) is 6.22. The van der Waals surface area contributed by atoms with Gasteiger partial charge in [0.2, 0.25) is 0 Å². The predicted octanol–water partition coefficient (Wildman–Crippen LogP) is 8.54. The molecule has 4 aromatic carbocycles. The molecule has 0 unspecified atom stereocenters. The zero-order chi connectivity index (χ0) is 24.2. The lowest BCUT2D eigenvalue weighted by atomic mass is 9.88. The van der Waals surface area contributed by atoms with Crippen LogP contribution in [0.3, 0.4) is 0 Å². The Morgan fingerprint density at radius 1 is 0.694 bits per heavy atom. The molecule has 36 heavy (non-hydrogen) atoms. The van der Waals surface area contributed by atoms with E-state index in [0.717, 1.165) is 19.3 Å². The van der Waals surface area contributed by atoms with E-state index in [0.29, 0.717) is 0 Å². The zero-order valence-corrected chi connectivity index (χ0v) is 20.8. The molecule has 2 heteroatoms. The van der Waals surface area contributed by atoms with Crippen LogP contribution in [0.2, 0.25) is 0 Å². The first-order chi connectivity index (χ1) is 17.8. The number of para-hydroxylation sites is 2. The molecule has 0 saturated heterocycles. The van der Waals surface area contributed by atoms with Crippen LogP contribution in [0, 0.1) is 0 Å². The average Bonchev–Trinajstić information content (AvgIpc) is 3.47. The van der Waals surface area contributed by atoms with E-state index in [1.807, 2.05) is 0 Å². The smallest absolute Gasteiger partial charge is 0.0541 e. The minimum atomic E-state index is 0.922. The van der Waals surface area contributed by atoms with Crippen molar-refractivity contribution < 1.29 is 0 Å². The zero-order valence-electron chi connectivity index (χ0n) is 20.8. The molecule has 0 bridgehead atoms. The molecule has 2 heterocycles. The van der Waals surface area contributed by atoms with Crippen molar-refractivity contribution in [2.75, 3.05) is 0 Å². The van der Waals surface area contributed by atoms with Crippen molar-refractivity contribution in [2.24, 2.45) is 0 Å². The minimum Gasteiger partial charge on any atom is -0.309 e. The standard InChI is InChI=1S/C34H28N2/c1-3-25-29(4-2)35-30-21-22-12-8-9-15-26(22)34(30)33(25)23-18-19-32-28(20-23)27-16-10-11-17-31(27)36(32)24-13-6-5-7-14-24/h5-20H,3-4,21H2,1-2H3. The Kier molecular flexibility index (Phi) is 4.82. The summed E-state index contributed by atoms with van der Waals surface area (Å²) in [5.74, 6) is 0. The van der Waals surface area contributed by atoms with Crippen LogP contribution >= 0.6 is 0 Å². The van der Waals surface area contributed by atoms with Crippen molar-refractivity contribution in [2.45, 2.75) is 33.1 Å². The number of rotatable bonds is 4. The van der Waals surface area contributed by atoms with Crippen LogP contribution in [-0.4, -0.2) is 9.55 Å². The fraction of sp³-hybridized carbons (Fsp3) is 0.147. The highest BCUT2D eigenvalue weighted by Crippen LogP contribution is 2.46. The Bertz CT molecular complexity index is 1770. The molecule has 2 nitrogen and oxygen atoms in total. The Hall–Kier alpha value is -4.17. The number of benzene rings is 4. The summed E-state index contributed by atoms with van der Waals surface area (Å²) in [6.45, 7) is 4.50. The number of hydrogen-bond donors (Lipinski definition) is 0. The first-order valence-corrected chi connectivity index (χ1v) is 13.0. The normalized spacial score (nSPS) is 12.3. The second-order valence-corrected chi connectivity index (χ2v) is 9.69. The molecule has 0 spiro atoms. The summed E-state index contributed by atoms with van der Waals surface area (Å²) in [4.78, 5) is 5.20. The van der Waals surface area contributed by atoms with Gasteiger partial charge in [0.1, 0.15) is 0 Å². The first-order valence-electron chi connectivity index (χ1n) is 13.0. The van der Waals surface area contributed by atoms with Crippen LogP contribution in [0.5, 0.6) is 0 Å². The van der Waals surface area contributed by atoms with E-state index in [1.165, 1.54) is 72.3 Å². The molecule has 0 fully saturated rings. The molecule has 1 aliphatic rings. The summed E-state index contributed by atoms with van der Waals surface area (Å²) < 4.78 is 2.39. The summed E-state index contributed by atoms with van der Waals surface area (Å²) in [7, 11) is 0. The van der Waals surface area contributed by atoms with Crippen molar-refractivity contribution >= 4 is 21.8 Å². The van der Waals surface area contributed by atoms with Gasteiger partial charge in [0, 0.05) is 34.1 Å². The third-order valence-corrected chi connectivity index (χ3v) is 7.77. The van der Waals surface area contributed by atoms with Crippen LogP contribution in [0.4, 0.5) is 0 Å². The summed E-state index contributed by atoms with van der Waals surface area (Å²) in [5, 5.41) is 2.59. The summed E-state index contributed by atoms with van der Waals surface area (Å²) >= 11 is 0. The quantitative estimate of drug-likeness (QED) is 0.255. The number of aromatic nitrogens is 2. The highest BCUT2D eigenvalue weighted by atomic mass is 15.0. The molecule has 0 aliphatic heterocycles. The molecule has 0 N–H and O–H groups in total. The van der Waals surface area contributed by atoms with E-state index in [-0.39, 0.29) is 0 Å². The second kappa shape index (κ2) is 8.20. The molecular weight excluding hydrogens is 436 g/mol. The Balaban J connectivity index is 1.56. The molecule has 174 valence electrons. The van der Waals surface area contributed by atoms with E-state index in [1.54, 1.807) is 0 Å². The van der Waals surface area contributed by atoms with Gasteiger partial charge in [-0.1, -0.05) is 80.6 Å². The highest BCUT2D eigenvalue weighted by Gasteiger charge is 2.27. The van der Waals surface area contributed by atoms with Gasteiger partial charge in [-0.25, -0.2) is 0 Å². The van der Waals surface area contributed by atoms with Crippen molar-refractivity contribution in [1.29, 1.82) is 0 Å². The van der Waals surface area contributed by atoms with Gasteiger partial charge in [0.15, 0.2) is 0 Å². The Morgan fingerprint density at radius 2 is 1.44 bits per heavy atom. The maximum Gasteiger partial charge on any atom is 0.0541 e. The van der Waals surface area contributed by atoms with Crippen LogP contribution in [-0.2, 0) is 19.3 Å². The third kappa shape index (κ3) is 3.01.